The maximum atomic E-state index is 9.61. The molecule has 0 spiro atoms. The number of nitrogens with zero attached hydrogens (tertiary/aromatic N) is 1. The van der Waals surface area contributed by atoms with E-state index in [4.69, 9.17) is 4.74 Å². The van der Waals surface area contributed by atoms with Gasteiger partial charge in [0, 0.05) is 12.2 Å². The molecule has 1 aliphatic heterocycles. The molecule has 1 fully saturated rings. The third-order valence-electron chi connectivity index (χ3n) is 3.58. The molecule has 0 bridgehead atoms. The van der Waals surface area contributed by atoms with Crippen LogP contribution in [0.15, 0.2) is 12.1 Å². The van der Waals surface area contributed by atoms with Crippen molar-refractivity contribution in [1.82, 2.24) is 10.3 Å². The van der Waals surface area contributed by atoms with E-state index >= 15 is 0 Å². The van der Waals surface area contributed by atoms with Gasteiger partial charge >= 0.3 is 0 Å². The molecule has 2 aliphatic rings. The van der Waals surface area contributed by atoms with Gasteiger partial charge in [-0.3, -0.25) is 4.98 Å². The second-order valence-electron chi connectivity index (χ2n) is 4.85. The molecule has 2 N–H and O–H groups in total. The van der Waals surface area contributed by atoms with E-state index in [1.54, 1.807) is 0 Å². The van der Waals surface area contributed by atoms with Crippen LogP contribution in [-0.4, -0.2) is 35.5 Å². The minimum Gasteiger partial charge on any atom is -0.389 e. The number of pyridine rings is 1. The van der Waals surface area contributed by atoms with E-state index in [2.05, 4.69) is 22.4 Å². The zero-order valence-electron chi connectivity index (χ0n) is 9.85. The minimum absolute atomic E-state index is 0.0463. The van der Waals surface area contributed by atoms with Gasteiger partial charge in [-0.05, 0) is 30.9 Å². The molecule has 3 rings (SSSR count). The van der Waals surface area contributed by atoms with E-state index in [0.717, 1.165) is 12.1 Å². The Labute approximate surface area is 101 Å². The SMILES string of the molecule is O[C@@H]1COC[C@@H]1NCc1ccc2c(n1)CCC2. The summed E-state index contributed by atoms with van der Waals surface area (Å²) in [4.78, 5) is 4.65. The monoisotopic (exact) mass is 234 g/mol. The number of fused-ring (bicyclic) bond motifs is 1. The summed E-state index contributed by atoms with van der Waals surface area (Å²) in [6, 6.07) is 4.32. The average Bonchev–Trinajstić information content (AvgIpc) is 2.94. The number of aromatic nitrogens is 1. The van der Waals surface area contributed by atoms with Crippen LogP contribution in [0.2, 0.25) is 0 Å². The normalized spacial score (nSPS) is 27.4. The van der Waals surface area contributed by atoms with Gasteiger partial charge in [0.15, 0.2) is 0 Å². The molecule has 0 radical (unpaired) electrons. The predicted octanol–water partition coefficient (Wildman–Crippen LogP) is 0.420. The Morgan fingerprint density at radius 2 is 2.29 bits per heavy atom. The van der Waals surface area contributed by atoms with Crippen LogP contribution in [0.1, 0.15) is 23.4 Å². The number of ether oxygens (including phenoxy) is 1. The Morgan fingerprint density at radius 3 is 3.12 bits per heavy atom. The average molecular weight is 234 g/mol. The van der Waals surface area contributed by atoms with E-state index in [1.807, 2.05) is 0 Å². The van der Waals surface area contributed by atoms with Crippen molar-refractivity contribution in [3.8, 4) is 0 Å². The standard InChI is InChI=1S/C13H18N2O2/c16-13-8-17-7-12(13)14-6-10-5-4-9-2-1-3-11(9)15-10/h4-5,12-14,16H,1-3,6-8H2/t12-,13+/m0/s1. The van der Waals surface area contributed by atoms with Gasteiger partial charge in [-0.15, -0.1) is 0 Å². The Bertz CT molecular complexity index is 408. The second kappa shape index (κ2) is 4.72. The van der Waals surface area contributed by atoms with E-state index in [0.29, 0.717) is 19.8 Å². The molecule has 0 aromatic carbocycles. The predicted molar refractivity (Wildman–Crippen MR) is 63.7 cm³/mol. The highest BCUT2D eigenvalue weighted by atomic mass is 16.5. The number of aliphatic hydroxyl groups is 1. The van der Waals surface area contributed by atoms with Crippen molar-refractivity contribution in [1.29, 1.82) is 0 Å². The summed E-state index contributed by atoms with van der Waals surface area (Å²) in [5, 5.41) is 12.9. The van der Waals surface area contributed by atoms with Crippen molar-refractivity contribution in [2.75, 3.05) is 13.2 Å². The summed E-state index contributed by atoms with van der Waals surface area (Å²) in [7, 11) is 0. The van der Waals surface area contributed by atoms with Gasteiger partial charge in [-0.25, -0.2) is 0 Å². The molecule has 1 aliphatic carbocycles. The molecular weight excluding hydrogens is 216 g/mol. The fourth-order valence-corrected chi connectivity index (χ4v) is 2.54. The number of aryl methyl sites for hydroxylation is 2. The van der Waals surface area contributed by atoms with E-state index in [1.165, 1.54) is 24.1 Å². The van der Waals surface area contributed by atoms with Gasteiger partial charge < -0.3 is 15.2 Å². The largest absolute Gasteiger partial charge is 0.389 e. The molecule has 0 amide bonds. The van der Waals surface area contributed by atoms with Crippen LogP contribution >= 0.6 is 0 Å². The van der Waals surface area contributed by atoms with E-state index in [-0.39, 0.29) is 12.1 Å². The number of hydrogen-bond acceptors (Lipinski definition) is 4. The summed E-state index contributed by atoms with van der Waals surface area (Å²) in [5.41, 5.74) is 3.72. The number of nitrogens with one attached hydrogen (secondary N) is 1. The van der Waals surface area contributed by atoms with E-state index < -0.39 is 0 Å². The van der Waals surface area contributed by atoms with Gasteiger partial charge in [-0.2, -0.15) is 0 Å². The lowest BCUT2D eigenvalue weighted by Gasteiger charge is -2.14. The van der Waals surface area contributed by atoms with Crippen molar-refractivity contribution in [2.45, 2.75) is 38.0 Å². The number of rotatable bonds is 3. The fraction of sp³-hybridized carbons (Fsp3) is 0.615. The van der Waals surface area contributed by atoms with Crippen LogP contribution in [0.3, 0.4) is 0 Å². The van der Waals surface area contributed by atoms with Crippen LogP contribution in [-0.2, 0) is 24.1 Å². The van der Waals surface area contributed by atoms with Crippen molar-refractivity contribution < 1.29 is 9.84 Å². The summed E-state index contributed by atoms with van der Waals surface area (Å²) >= 11 is 0. The van der Waals surface area contributed by atoms with Gasteiger partial charge in [0.25, 0.3) is 0 Å². The van der Waals surface area contributed by atoms with Gasteiger partial charge in [-0.1, -0.05) is 6.07 Å². The van der Waals surface area contributed by atoms with Crippen LogP contribution < -0.4 is 5.32 Å². The quantitative estimate of drug-likeness (QED) is 0.796. The molecule has 1 saturated heterocycles. The van der Waals surface area contributed by atoms with Crippen LogP contribution in [0.4, 0.5) is 0 Å². The molecule has 0 saturated carbocycles. The first-order valence-electron chi connectivity index (χ1n) is 6.30. The van der Waals surface area contributed by atoms with Crippen LogP contribution in [0.5, 0.6) is 0 Å². The maximum absolute atomic E-state index is 9.61. The molecule has 1 aromatic rings. The molecule has 1 aromatic heterocycles. The Hall–Kier alpha value is -0.970. The molecule has 4 nitrogen and oxygen atoms in total. The van der Waals surface area contributed by atoms with Crippen LogP contribution in [0, 0.1) is 0 Å². The molecular formula is C13H18N2O2. The van der Waals surface area contributed by atoms with Crippen LogP contribution in [0.25, 0.3) is 0 Å². The lowest BCUT2D eigenvalue weighted by atomic mass is 10.2. The van der Waals surface area contributed by atoms with Gasteiger partial charge in [0.1, 0.15) is 0 Å². The van der Waals surface area contributed by atoms with E-state index in [9.17, 15) is 5.11 Å². The van der Waals surface area contributed by atoms with Crippen molar-refractivity contribution in [2.24, 2.45) is 0 Å². The summed E-state index contributed by atoms with van der Waals surface area (Å²) in [6.45, 7) is 1.74. The molecule has 4 heteroatoms. The summed E-state index contributed by atoms with van der Waals surface area (Å²) < 4.78 is 5.20. The first-order valence-corrected chi connectivity index (χ1v) is 6.30. The highest BCUT2D eigenvalue weighted by molar-refractivity contribution is 5.27. The first kappa shape index (κ1) is 11.1. The third kappa shape index (κ3) is 2.34. The summed E-state index contributed by atoms with van der Waals surface area (Å²) in [6.07, 6.45) is 3.13. The fourth-order valence-electron chi connectivity index (χ4n) is 2.54. The smallest absolute Gasteiger partial charge is 0.0948 e. The van der Waals surface area contributed by atoms with Gasteiger partial charge in [0.05, 0.1) is 31.1 Å². The van der Waals surface area contributed by atoms with Crippen molar-refractivity contribution in [3.63, 3.8) is 0 Å². The van der Waals surface area contributed by atoms with Gasteiger partial charge in [0.2, 0.25) is 0 Å². The third-order valence-corrected chi connectivity index (χ3v) is 3.58. The Morgan fingerprint density at radius 1 is 1.35 bits per heavy atom. The number of aliphatic hydroxyl groups excluding tert-OH is 1. The Kier molecular flexibility index (Phi) is 3.09. The zero-order chi connectivity index (χ0) is 11.7. The minimum atomic E-state index is -0.385. The molecule has 2 heterocycles. The molecule has 0 unspecified atom stereocenters. The zero-order valence-corrected chi connectivity index (χ0v) is 9.85. The van der Waals surface area contributed by atoms with Crippen molar-refractivity contribution in [3.05, 3.63) is 29.1 Å². The number of hydrogen-bond donors (Lipinski definition) is 2. The molecule has 17 heavy (non-hydrogen) atoms. The second-order valence-corrected chi connectivity index (χ2v) is 4.85. The molecule has 2 atom stereocenters. The lowest BCUT2D eigenvalue weighted by Crippen LogP contribution is -2.38. The first-order chi connectivity index (χ1) is 8.33. The lowest BCUT2D eigenvalue weighted by molar-refractivity contribution is 0.122. The highest BCUT2D eigenvalue weighted by Gasteiger charge is 2.25. The Balaban J connectivity index is 1.61. The summed E-state index contributed by atoms with van der Waals surface area (Å²) in [5.74, 6) is 0. The maximum Gasteiger partial charge on any atom is 0.0948 e. The topological polar surface area (TPSA) is 54.4 Å². The molecule has 92 valence electrons. The highest BCUT2D eigenvalue weighted by Crippen LogP contribution is 2.19. The van der Waals surface area contributed by atoms with Crippen molar-refractivity contribution >= 4 is 0 Å².